The van der Waals surface area contributed by atoms with E-state index in [0.29, 0.717) is 26.3 Å². The fourth-order valence-corrected chi connectivity index (χ4v) is 3.86. The van der Waals surface area contributed by atoms with E-state index in [1.54, 1.807) is 16.8 Å². The third kappa shape index (κ3) is 3.62. The second kappa shape index (κ2) is 6.46. The zero-order chi connectivity index (χ0) is 18.3. The minimum atomic E-state index is -0.475. The van der Waals surface area contributed by atoms with Crippen molar-refractivity contribution in [2.45, 2.75) is 44.4 Å². The molecule has 0 unspecified atom stereocenters. The van der Waals surface area contributed by atoms with Gasteiger partial charge in [0.1, 0.15) is 18.8 Å². The first-order chi connectivity index (χ1) is 12.4. The predicted molar refractivity (Wildman–Crippen MR) is 98.6 cm³/mol. The molecule has 0 aliphatic carbocycles. The Morgan fingerprint density at radius 2 is 1.73 bits per heavy atom. The number of benzene rings is 1. The molecule has 0 saturated heterocycles. The van der Waals surface area contributed by atoms with Gasteiger partial charge in [0.15, 0.2) is 11.5 Å². The van der Waals surface area contributed by atoms with Crippen LogP contribution in [0.5, 0.6) is 11.5 Å². The van der Waals surface area contributed by atoms with Gasteiger partial charge in [-0.05, 0) is 62.0 Å². The number of nitrogens with zero attached hydrogens (tertiary/aromatic N) is 2. The number of carbonyl (C=O) groups is 1. The summed E-state index contributed by atoms with van der Waals surface area (Å²) in [6, 6.07) is 5.96. The topological polar surface area (TPSA) is 52.9 Å². The second-order valence-electron chi connectivity index (χ2n) is 7.40. The van der Waals surface area contributed by atoms with Crippen LogP contribution in [0.2, 0.25) is 0 Å². The normalized spacial score (nSPS) is 15.7. The fraction of sp³-hybridized carbons (Fsp3) is 0.421. The maximum absolute atomic E-state index is 12.2. The van der Waals surface area contributed by atoms with Crippen molar-refractivity contribution in [3.8, 4) is 11.5 Å². The van der Waals surface area contributed by atoms with E-state index in [4.69, 9.17) is 14.2 Å². The summed E-state index contributed by atoms with van der Waals surface area (Å²) in [4.78, 5) is 15.0. The quantitative estimate of drug-likeness (QED) is 0.793. The van der Waals surface area contributed by atoms with Gasteiger partial charge in [0.2, 0.25) is 0 Å². The summed E-state index contributed by atoms with van der Waals surface area (Å²) in [6.45, 7) is 7.99. The Bertz CT molecular complexity index is 817. The molecule has 2 aromatic rings. The molecular formula is C19H22N2O4S. The first-order valence-corrected chi connectivity index (χ1v) is 9.40. The molecule has 1 aromatic carbocycles. The summed E-state index contributed by atoms with van der Waals surface area (Å²) in [5, 5.41) is 0. The molecule has 0 N–H and O–H groups in total. The van der Waals surface area contributed by atoms with Gasteiger partial charge >= 0.3 is 6.09 Å². The lowest BCUT2D eigenvalue weighted by Crippen LogP contribution is -2.33. The van der Waals surface area contributed by atoms with Gasteiger partial charge in [-0.3, -0.25) is 8.87 Å². The molecule has 1 aromatic heterocycles. The highest BCUT2D eigenvalue weighted by Gasteiger charge is 2.29. The number of fused-ring (bicyclic) bond motifs is 2. The van der Waals surface area contributed by atoms with Crippen molar-refractivity contribution in [2.75, 3.05) is 13.2 Å². The van der Waals surface area contributed by atoms with Crippen LogP contribution in [0.15, 0.2) is 35.5 Å². The standard InChI is InChI=1S/C19H22N2O4S/c1-19(2,3)25-18(22)20-9-13-11-21(12-14(13)10-20)26-15-4-5-16-17(8-15)24-7-6-23-16/h4-5,8,11-12H,6-7,9-10H2,1-3H3. The van der Waals surface area contributed by atoms with Gasteiger partial charge in [-0.25, -0.2) is 4.79 Å². The van der Waals surface area contributed by atoms with Crippen LogP contribution in [-0.2, 0) is 17.8 Å². The molecular weight excluding hydrogens is 352 g/mol. The molecule has 4 rings (SSSR count). The fourth-order valence-electron chi connectivity index (χ4n) is 2.97. The van der Waals surface area contributed by atoms with E-state index in [1.807, 2.05) is 39.0 Å². The first-order valence-electron chi connectivity index (χ1n) is 8.63. The Morgan fingerprint density at radius 1 is 1.08 bits per heavy atom. The molecule has 7 heteroatoms. The van der Waals surface area contributed by atoms with Gasteiger partial charge in [-0.15, -0.1) is 0 Å². The molecule has 6 nitrogen and oxygen atoms in total. The lowest BCUT2D eigenvalue weighted by Gasteiger charge is -2.24. The van der Waals surface area contributed by atoms with Crippen LogP contribution in [-0.4, -0.2) is 33.8 Å². The molecule has 26 heavy (non-hydrogen) atoms. The van der Waals surface area contributed by atoms with Crippen LogP contribution < -0.4 is 9.47 Å². The van der Waals surface area contributed by atoms with E-state index in [9.17, 15) is 4.79 Å². The zero-order valence-electron chi connectivity index (χ0n) is 15.2. The molecule has 138 valence electrons. The summed E-state index contributed by atoms with van der Waals surface area (Å²) in [7, 11) is 0. The van der Waals surface area contributed by atoms with E-state index in [0.717, 1.165) is 27.5 Å². The monoisotopic (exact) mass is 374 g/mol. The summed E-state index contributed by atoms with van der Waals surface area (Å²) >= 11 is 1.61. The Balaban J connectivity index is 1.42. The summed E-state index contributed by atoms with van der Waals surface area (Å²) in [5.41, 5.74) is 1.83. The molecule has 0 radical (unpaired) electrons. The lowest BCUT2D eigenvalue weighted by atomic mass is 10.2. The average molecular weight is 374 g/mol. The molecule has 0 bridgehead atoms. The van der Waals surface area contributed by atoms with E-state index in [1.165, 1.54) is 0 Å². The molecule has 1 amide bonds. The van der Waals surface area contributed by atoms with Gasteiger partial charge in [-0.2, -0.15) is 0 Å². The maximum atomic E-state index is 12.2. The average Bonchev–Trinajstić information content (AvgIpc) is 3.11. The van der Waals surface area contributed by atoms with Crippen LogP contribution in [0, 0.1) is 0 Å². The number of hydrogen-bond donors (Lipinski definition) is 0. The predicted octanol–water partition coefficient (Wildman–Crippen LogP) is 4.07. The van der Waals surface area contributed by atoms with Crippen molar-refractivity contribution in [3.63, 3.8) is 0 Å². The van der Waals surface area contributed by atoms with E-state index < -0.39 is 5.60 Å². The first kappa shape index (κ1) is 17.1. The number of carbonyl (C=O) groups excluding carboxylic acids is 1. The largest absolute Gasteiger partial charge is 0.486 e. The van der Waals surface area contributed by atoms with Crippen molar-refractivity contribution in [1.29, 1.82) is 0 Å². The van der Waals surface area contributed by atoms with Crippen molar-refractivity contribution in [2.24, 2.45) is 0 Å². The van der Waals surface area contributed by atoms with Crippen molar-refractivity contribution >= 4 is 18.0 Å². The summed E-state index contributed by atoms with van der Waals surface area (Å²) < 4.78 is 18.7. The van der Waals surface area contributed by atoms with Crippen LogP contribution >= 0.6 is 11.9 Å². The smallest absolute Gasteiger partial charge is 0.410 e. The van der Waals surface area contributed by atoms with Gasteiger partial charge < -0.3 is 14.2 Å². The minimum Gasteiger partial charge on any atom is -0.486 e. The lowest BCUT2D eigenvalue weighted by molar-refractivity contribution is 0.0241. The molecule has 0 spiro atoms. The molecule has 0 atom stereocenters. The number of ether oxygens (including phenoxy) is 3. The van der Waals surface area contributed by atoms with Gasteiger partial charge in [0, 0.05) is 17.3 Å². The summed E-state index contributed by atoms with van der Waals surface area (Å²) in [6.07, 6.45) is 3.88. The Kier molecular flexibility index (Phi) is 4.26. The minimum absolute atomic E-state index is 0.264. The third-order valence-corrected chi connectivity index (χ3v) is 4.96. The Morgan fingerprint density at radius 3 is 2.38 bits per heavy atom. The highest BCUT2D eigenvalue weighted by Crippen LogP contribution is 2.36. The van der Waals surface area contributed by atoms with Crippen molar-refractivity contribution in [1.82, 2.24) is 8.87 Å². The van der Waals surface area contributed by atoms with E-state index in [2.05, 4.69) is 16.4 Å². The van der Waals surface area contributed by atoms with Crippen LogP contribution in [0.4, 0.5) is 4.79 Å². The molecule has 0 fully saturated rings. The number of hydrogen-bond acceptors (Lipinski definition) is 5. The summed E-state index contributed by atoms with van der Waals surface area (Å²) in [5.74, 6) is 1.58. The number of amides is 1. The third-order valence-electron chi connectivity index (χ3n) is 4.08. The maximum Gasteiger partial charge on any atom is 0.410 e. The number of aromatic nitrogens is 1. The molecule has 0 saturated carbocycles. The van der Waals surface area contributed by atoms with E-state index in [-0.39, 0.29) is 6.09 Å². The van der Waals surface area contributed by atoms with E-state index >= 15 is 0 Å². The van der Waals surface area contributed by atoms with Crippen LogP contribution in [0.1, 0.15) is 31.9 Å². The zero-order valence-corrected chi connectivity index (χ0v) is 16.0. The van der Waals surface area contributed by atoms with Gasteiger partial charge in [-0.1, -0.05) is 0 Å². The van der Waals surface area contributed by atoms with Crippen LogP contribution in [0.3, 0.4) is 0 Å². The SMILES string of the molecule is CC(C)(C)OC(=O)N1Cc2cn(Sc3ccc4c(c3)OCCO4)cc2C1. The van der Waals surface area contributed by atoms with Gasteiger partial charge in [0.05, 0.1) is 13.1 Å². The van der Waals surface area contributed by atoms with Gasteiger partial charge in [0.25, 0.3) is 0 Å². The Labute approximate surface area is 157 Å². The second-order valence-corrected chi connectivity index (χ2v) is 8.48. The highest BCUT2D eigenvalue weighted by atomic mass is 32.2. The molecule has 3 heterocycles. The molecule has 2 aliphatic rings. The molecule has 2 aliphatic heterocycles. The highest BCUT2D eigenvalue weighted by molar-refractivity contribution is 7.97. The van der Waals surface area contributed by atoms with Crippen molar-refractivity contribution < 1.29 is 19.0 Å². The number of rotatable bonds is 2. The van der Waals surface area contributed by atoms with Crippen molar-refractivity contribution in [3.05, 3.63) is 41.7 Å². The Hall–Kier alpha value is -2.28. The van der Waals surface area contributed by atoms with Crippen LogP contribution in [0.25, 0.3) is 0 Å².